The van der Waals surface area contributed by atoms with Gasteiger partial charge in [-0.15, -0.1) is 5.10 Å². The summed E-state index contributed by atoms with van der Waals surface area (Å²) in [6.45, 7) is 2.06. The number of aromatic nitrogens is 3. The molecule has 0 unspecified atom stereocenters. The van der Waals surface area contributed by atoms with Crippen molar-refractivity contribution < 1.29 is 9.59 Å². The van der Waals surface area contributed by atoms with E-state index in [-0.39, 0.29) is 18.4 Å². The fourth-order valence-electron chi connectivity index (χ4n) is 3.42. The van der Waals surface area contributed by atoms with Crippen LogP contribution in [0.2, 0.25) is 0 Å². The van der Waals surface area contributed by atoms with Gasteiger partial charge in [0.2, 0.25) is 5.91 Å². The molecule has 28 heavy (non-hydrogen) atoms. The molecule has 1 aliphatic heterocycles. The predicted octanol–water partition coefficient (Wildman–Crippen LogP) is 2.34. The van der Waals surface area contributed by atoms with Gasteiger partial charge in [0.05, 0.1) is 6.20 Å². The third kappa shape index (κ3) is 3.26. The van der Waals surface area contributed by atoms with E-state index in [9.17, 15) is 9.59 Å². The molecule has 4 rings (SSSR count). The number of nitrogens with one attached hydrogen (secondary N) is 1. The van der Waals surface area contributed by atoms with Gasteiger partial charge in [-0.1, -0.05) is 54.6 Å². The maximum Gasteiger partial charge on any atom is 0.254 e. The molecule has 1 atom stereocenters. The Balaban J connectivity index is 1.49. The number of nitrogens with zero attached hydrogens (tertiary/aromatic N) is 4. The van der Waals surface area contributed by atoms with Crippen molar-refractivity contribution in [2.24, 2.45) is 0 Å². The lowest BCUT2D eigenvalue weighted by Gasteiger charge is -2.13. The van der Waals surface area contributed by atoms with Gasteiger partial charge in [0, 0.05) is 23.9 Å². The molecule has 1 aliphatic rings. The molecule has 3 aromatic rings. The number of fused-ring (bicyclic) bond motifs is 1. The van der Waals surface area contributed by atoms with E-state index in [4.69, 9.17) is 0 Å². The maximum atomic E-state index is 12.6. The van der Waals surface area contributed by atoms with Crippen LogP contribution in [-0.4, -0.2) is 33.9 Å². The van der Waals surface area contributed by atoms with Crippen molar-refractivity contribution in [3.63, 3.8) is 0 Å². The van der Waals surface area contributed by atoms with Crippen LogP contribution in [0.4, 0.5) is 5.69 Å². The number of likely N-dealkylation sites (N-methyl/N-ethyl adjacent to an activating group) is 1. The zero-order chi connectivity index (χ0) is 19.7. The van der Waals surface area contributed by atoms with Crippen molar-refractivity contribution >= 4 is 17.5 Å². The molecular weight excluding hydrogens is 354 g/mol. The lowest BCUT2D eigenvalue weighted by atomic mass is 10.0. The Kier molecular flexibility index (Phi) is 4.65. The number of rotatable bonds is 5. The van der Waals surface area contributed by atoms with Gasteiger partial charge in [-0.3, -0.25) is 9.59 Å². The number of hydrogen-bond acceptors (Lipinski definition) is 4. The molecule has 7 heteroatoms. The normalized spacial score (nSPS) is 15.6. The number of anilines is 1. The zero-order valence-corrected chi connectivity index (χ0v) is 15.8. The Morgan fingerprint density at radius 3 is 2.71 bits per heavy atom. The lowest BCUT2D eigenvalue weighted by molar-refractivity contribution is -0.127. The molecular formula is C21H21N5O2. The molecule has 0 spiro atoms. The highest BCUT2D eigenvalue weighted by molar-refractivity contribution is 6.05. The zero-order valence-electron chi connectivity index (χ0n) is 15.8. The van der Waals surface area contributed by atoms with Gasteiger partial charge in [-0.25, -0.2) is 4.68 Å². The van der Waals surface area contributed by atoms with Crippen LogP contribution in [0.15, 0.2) is 54.7 Å². The number of carbonyl (C=O) groups excluding carboxylic acids is 2. The largest absolute Gasteiger partial charge is 0.339 e. The van der Waals surface area contributed by atoms with Crippen LogP contribution in [0.25, 0.3) is 11.3 Å². The second-order valence-electron chi connectivity index (χ2n) is 6.81. The Hall–Kier alpha value is -3.48. The molecule has 0 fully saturated rings. The molecule has 7 nitrogen and oxygen atoms in total. The van der Waals surface area contributed by atoms with E-state index in [1.165, 1.54) is 4.68 Å². The number of benzene rings is 2. The van der Waals surface area contributed by atoms with Crippen LogP contribution in [0.5, 0.6) is 0 Å². The molecule has 0 saturated carbocycles. The minimum absolute atomic E-state index is 0.00384. The van der Waals surface area contributed by atoms with E-state index in [0.29, 0.717) is 5.69 Å². The van der Waals surface area contributed by atoms with Crippen molar-refractivity contribution in [2.75, 3.05) is 11.9 Å². The molecule has 2 heterocycles. The smallest absolute Gasteiger partial charge is 0.254 e. The highest BCUT2D eigenvalue weighted by Crippen LogP contribution is 2.35. The average molecular weight is 375 g/mol. The summed E-state index contributed by atoms with van der Waals surface area (Å²) in [7, 11) is 1.72. The molecule has 142 valence electrons. The van der Waals surface area contributed by atoms with Crippen LogP contribution < -0.4 is 10.2 Å². The van der Waals surface area contributed by atoms with E-state index in [1.807, 2.05) is 48.5 Å². The van der Waals surface area contributed by atoms with Gasteiger partial charge in [0.1, 0.15) is 18.3 Å². The molecule has 2 aromatic carbocycles. The third-order valence-electron chi connectivity index (χ3n) is 4.97. The van der Waals surface area contributed by atoms with Crippen molar-refractivity contribution in [1.82, 2.24) is 20.3 Å². The quantitative estimate of drug-likeness (QED) is 0.742. The van der Waals surface area contributed by atoms with Crippen molar-refractivity contribution in [2.45, 2.75) is 25.9 Å². The van der Waals surface area contributed by atoms with E-state index in [2.05, 4.69) is 22.6 Å². The second-order valence-corrected chi connectivity index (χ2v) is 6.81. The van der Waals surface area contributed by atoms with Gasteiger partial charge in [0.25, 0.3) is 5.91 Å². The first-order valence-corrected chi connectivity index (χ1v) is 9.22. The van der Waals surface area contributed by atoms with Crippen molar-refractivity contribution in [3.8, 4) is 11.3 Å². The number of aryl methyl sites for hydroxylation is 1. The molecule has 1 N–H and O–H groups in total. The van der Waals surface area contributed by atoms with Crippen LogP contribution in [0, 0.1) is 0 Å². The van der Waals surface area contributed by atoms with Crippen LogP contribution in [0.1, 0.15) is 24.1 Å². The monoisotopic (exact) mass is 375 g/mol. The van der Waals surface area contributed by atoms with E-state index >= 15 is 0 Å². The minimum atomic E-state index is -0.670. The number of carbonyl (C=O) groups is 2. The second kappa shape index (κ2) is 7.26. The first kappa shape index (κ1) is 17.9. The Morgan fingerprint density at radius 1 is 1.18 bits per heavy atom. The van der Waals surface area contributed by atoms with Crippen LogP contribution in [0.3, 0.4) is 0 Å². The SMILES string of the molecule is CCc1ccc2c(c1)[C@H](NC(=O)Cn1cc(-c3ccccc3)nn1)C(=O)N2C. The Bertz CT molecular complexity index is 1030. The van der Waals surface area contributed by atoms with Gasteiger partial charge < -0.3 is 10.2 Å². The first-order valence-electron chi connectivity index (χ1n) is 9.22. The highest BCUT2D eigenvalue weighted by atomic mass is 16.2. The summed E-state index contributed by atoms with van der Waals surface area (Å²) in [5, 5.41) is 11.0. The van der Waals surface area contributed by atoms with E-state index in [0.717, 1.165) is 28.8 Å². The summed E-state index contributed by atoms with van der Waals surface area (Å²) < 4.78 is 1.48. The highest BCUT2D eigenvalue weighted by Gasteiger charge is 2.36. The fraction of sp³-hybridized carbons (Fsp3) is 0.238. The summed E-state index contributed by atoms with van der Waals surface area (Å²) in [5.74, 6) is -0.425. The van der Waals surface area contributed by atoms with Gasteiger partial charge in [-0.05, 0) is 18.1 Å². The van der Waals surface area contributed by atoms with E-state index < -0.39 is 6.04 Å². The maximum absolute atomic E-state index is 12.6. The predicted molar refractivity (Wildman–Crippen MR) is 106 cm³/mol. The summed E-state index contributed by atoms with van der Waals surface area (Å²) in [4.78, 5) is 26.8. The van der Waals surface area contributed by atoms with Crippen LogP contribution in [-0.2, 0) is 22.6 Å². The summed E-state index contributed by atoms with van der Waals surface area (Å²) >= 11 is 0. The van der Waals surface area contributed by atoms with Gasteiger partial charge in [-0.2, -0.15) is 0 Å². The molecule has 0 saturated heterocycles. The molecule has 0 radical (unpaired) electrons. The van der Waals surface area contributed by atoms with Gasteiger partial charge in [0.15, 0.2) is 0 Å². The van der Waals surface area contributed by atoms with Crippen LogP contribution >= 0.6 is 0 Å². The molecule has 2 amide bonds. The minimum Gasteiger partial charge on any atom is -0.339 e. The Morgan fingerprint density at radius 2 is 1.96 bits per heavy atom. The molecule has 0 bridgehead atoms. The van der Waals surface area contributed by atoms with Crippen molar-refractivity contribution in [3.05, 3.63) is 65.9 Å². The fourth-order valence-corrected chi connectivity index (χ4v) is 3.42. The van der Waals surface area contributed by atoms with Gasteiger partial charge >= 0.3 is 0 Å². The summed E-state index contributed by atoms with van der Waals surface area (Å²) in [6.07, 6.45) is 2.59. The lowest BCUT2D eigenvalue weighted by Crippen LogP contribution is -2.37. The average Bonchev–Trinajstić information content (AvgIpc) is 3.27. The van der Waals surface area contributed by atoms with Crippen molar-refractivity contribution in [1.29, 1.82) is 0 Å². The third-order valence-corrected chi connectivity index (χ3v) is 4.97. The molecule has 1 aromatic heterocycles. The first-order chi connectivity index (χ1) is 13.6. The summed E-state index contributed by atoms with van der Waals surface area (Å²) in [6, 6.07) is 14.9. The number of amides is 2. The Labute approximate surface area is 163 Å². The standard InChI is InChI=1S/C21H21N5O2/c1-3-14-9-10-18-16(11-14)20(21(28)25(18)2)22-19(27)13-26-12-17(23-24-26)15-7-5-4-6-8-15/h4-12,20H,3,13H2,1-2H3,(H,22,27)/t20-/m0/s1. The van der Waals surface area contributed by atoms with E-state index in [1.54, 1.807) is 18.1 Å². The topological polar surface area (TPSA) is 80.1 Å². The molecule has 0 aliphatic carbocycles. The number of hydrogen-bond donors (Lipinski definition) is 1. The summed E-state index contributed by atoms with van der Waals surface area (Å²) in [5.41, 5.74) is 4.43.